The van der Waals surface area contributed by atoms with Crippen LogP contribution in [0.2, 0.25) is 0 Å². The van der Waals surface area contributed by atoms with Gasteiger partial charge >= 0.3 is 45.5 Å². The Morgan fingerprint density at radius 2 is 1.00 bits per heavy atom. The van der Waals surface area contributed by atoms with Crippen LogP contribution in [0.15, 0.2) is 14.2 Å². The molecule has 0 N–H and O–H groups in total. The molecule has 0 aliphatic carbocycles. The van der Waals surface area contributed by atoms with Crippen molar-refractivity contribution in [2.24, 2.45) is 0 Å². The van der Waals surface area contributed by atoms with E-state index in [2.05, 4.69) is 14.2 Å². The molecular weight excluding hydrogens is 136 g/mol. The summed E-state index contributed by atoms with van der Waals surface area (Å²) in [6.07, 6.45) is 0. The first kappa shape index (κ1) is 4.88. The molecule has 0 bridgehead atoms. The quantitative estimate of drug-likeness (QED) is 0.359. The molecule has 1 aromatic heterocycles. The van der Waals surface area contributed by atoms with Crippen LogP contribution < -0.4 is 0 Å². The second-order valence-electron chi connectivity index (χ2n) is 0.204. The third kappa shape index (κ3) is 2.88. The minimum Gasteiger partial charge on any atom is 0 e. The van der Waals surface area contributed by atoms with Gasteiger partial charge in [-0.1, -0.05) is 0 Å². The summed E-state index contributed by atoms with van der Waals surface area (Å²) in [5.41, 5.74) is 0. The Bertz CT molecular complexity index is 31.4. The first-order valence-electron chi connectivity index (χ1n) is 0.500. The van der Waals surface area contributed by atoms with Crippen molar-refractivity contribution in [3.05, 3.63) is 0 Å². The molecule has 0 fully saturated rings. The first-order chi connectivity index (χ1) is 1.50. The number of hydrogen-bond donors (Lipinski definition) is 0. The summed E-state index contributed by atoms with van der Waals surface area (Å²) in [4.78, 5) is 0. The van der Waals surface area contributed by atoms with E-state index in [9.17, 15) is 0 Å². The summed E-state index contributed by atoms with van der Waals surface area (Å²) in [5.74, 6) is 0. The Balaban J connectivity index is 0.0000000900. The van der Waals surface area contributed by atoms with Gasteiger partial charge in [-0.2, -0.15) is 0 Å². The van der Waals surface area contributed by atoms with Crippen LogP contribution in [0.3, 0.4) is 0 Å². The molecule has 0 saturated heterocycles. The van der Waals surface area contributed by atoms with Crippen molar-refractivity contribution < 1.29 is 14.2 Å². The van der Waals surface area contributed by atoms with Crippen molar-refractivity contribution in [3.8, 4) is 0 Å². The summed E-state index contributed by atoms with van der Waals surface area (Å²) >= 11 is 0. The van der Waals surface area contributed by atoms with Gasteiger partial charge in [0.25, 0.3) is 0 Å². The minimum atomic E-state index is 0. The second-order valence-corrected chi connectivity index (χ2v) is 0.204. The first-order valence-corrected chi connectivity index (χ1v) is 0.500. The van der Waals surface area contributed by atoms with Crippen LogP contribution in [0.5, 0.6) is 0 Å². The zero-order valence-electron chi connectivity index (χ0n) is 1.22. The van der Waals surface area contributed by atoms with Crippen LogP contribution in [0.1, 0.15) is 0 Å². The molecule has 0 atom stereocenters. The van der Waals surface area contributed by atoms with Gasteiger partial charge in [0.1, 0.15) is 0 Å². The molecule has 22 valence electrons. The molecule has 0 unspecified atom stereocenters. The largest absolute Gasteiger partial charge is 0 e. The van der Waals surface area contributed by atoms with Crippen molar-refractivity contribution >= 4 is 45.5 Å². The Hall–Kier alpha value is 0.881. The predicted molar refractivity (Wildman–Crippen MR) is 11.8 cm³/mol. The second kappa shape index (κ2) is 2.14. The molecule has 0 saturated carbocycles. The Morgan fingerprint density at radius 1 is 0.750 bits per heavy atom. The third-order valence-electron chi connectivity index (χ3n) is 0.0680. The van der Waals surface area contributed by atoms with E-state index in [1.54, 1.807) is 0 Å². The molecule has 1 heterocycles. The fraction of sp³-hybridized carbons (Fsp3) is 0. The van der Waals surface area contributed by atoms with Gasteiger partial charge in [0, 0.05) is 14.2 Å². The maximum Gasteiger partial charge on any atom is 0 e. The molecule has 0 radical (unpaired) electrons. The molecule has 3 nitrogen and oxygen atoms in total. The van der Waals surface area contributed by atoms with Gasteiger partial charge in [0.05, 0.1) is 0 Å². The van der Waals surface area contributed by atoms with Gasteiger partial charge in [-0.3, -0.25) is 0 Å². The molecule has 0 aliphatic rings. The van der Waals surface area contributed by atoms with Gasteiger partial charge in [-0.05, 0) is 0 Å². The normalized spacial score (nSPS) is 6.00. The van der Waals surface area contributed by atoms with E-state index in [1.165, 1.54) is 0 Å². The monoisotopic (exact) mass is 138 g/mol. The van der Waals surface area contributed by atoms with E-state index in [0.717, 1.165) is 0 Å². The van der Waals surface area contributed by atoms with Gasteiger partial charge in [0.2, 0.25) is 0 Å². The fourth-order valence-corrected chi connectivity index (χ4v) is 0. The van der Waals surface area contributed by atoms with Crippen LogP contribution in [0.25, 0.3) is 0 Å². The molecule has 0 spiro atoms. The van der Waals surface area contributed by atoms with E-state index < -0.39 is 0 Å². The smallest absolute Gasteiger partial charge is 0 e. The molecular formula is H2O3Sr. The average Bonchev–Trinajstić information content (AvgIpc) is 1.46. The molecule has 4 heavy (non-hydrogen) atoms. The van der Waals surface area contributed by atoms with Crippen LogP contribution >= 0.6 is 0 Å². The van der Waals surface area contributed by atoms with Crippen molar-refractivity contribution in [1.29, 1.82) is 0 Å². The van der Waals surface area contributed by atoms with E-state index >= 15 is 0 Å². The molecule has 0 amide bonds. The zero-order valence-corrected chi connectivity index (χ0v) is 1.22. The van der Waals surface area contributed by atoms with E-state index in [-0.39, 0.29) is 45.5 Å². The molecule has 1 aromatic rings. The number of rotatable bonds is 0. The molecule has 0 aromatic carbocycles. The van der Waals surface area contributed by atoms with E-state index in [0.29, 0.717) is 0 Å². The molecule has 0 aliphatic heterocycles. The number of hydrogen-bond acceptors (Lipinski definition) is 3. The van der Waals surface area contributed by atoms with Crippen molar-refractivity contribution in [3.63, 3.8) is 0 Å². The van der Waals surface area contributed by atoms with E-state index in [4.69, 9.17) is 0 Å². The summed E-state index contributed by atoms with van der Waals surface area (Å²) in [7, 11) is 0. The van der Waals surface area contributed by atoms with Crippen LogP contribution in [0, 0.1) is 0 Å². The van der Waals surface area contributed by atoms with Crippen molar-refractivity contribution in [2.45, 2.75) is 0 Å². The fourth-order valence-electron chi connectivity index (χ4n) is 0. The summed E-state index contributed by atoms with van der Waals surface area (Å²) in [5, 5.41) is 0. The standard InChI is InChI=1S/O3.Sr.2H/c1-2-3-1;;;. The Labute approximate surface area is 59.0 Å². The van der Waals surface area contributed by atoms with Gasteiger partial charge < -0.3 is 0 Å². The third-order valence-corrected chi connectivity index (χ3v) is 0.0680. The summed E-state index contributed by atoms with van der Waals surface area (Å²) in [6, 6.07) is 0. The topological polar surface area (TPSA) is 39.4 Å². The Morgan fingerprint density at radius 3 is 1.00 bits per heavy atom. The van der Waals surface area contributed by atoms with Gasteiger partial charge in [0.15, 0.2) is 0 Å². The summed E-state index contributed by atoms with van der Waals surface area (Å²) in [6.45, 7) is 0. The SMILES string of the molecule is [SrH2].o1oo1. The van der Waals surface area contributed by atoms with Crippen LogP contribution in [-0.2, 0) is 0 Å². The average molecular weight is 138 g/mol. The van der Waals surface area contributed by atoms with Crippen LogP contribution in [0.4, 0.5) is 0 Å². The van der Waals surface area contributed by atoms with Crippen molar-refractivity contribution in [1.82, 2.24) is 0 Å². The molecule has 1 rings (SSSR count). The van der Waals surface area contributed by atoms with Gasteiger partial charge in [-0.15, -0.1) is 0 Å². The predicted octanol–water partition coefficient (Wildman–Crippen LogP) is -0.451. The van der Waals surface area contributed by atoms with Crippen molar-refractivity contribution in [2.75, 3.05) is 0 Å². The maximum atomic E-state index is 3.50. The minimum absolute atomic E-state index is 0. The maximum absolute atomic E-state index is 3.50. The Kier molecular flexibility index (Phi) is 2.61. The molecule has 4 heteroatoms. The zero-order chi connectivity index (χ0) is 2.12. The van der Waals surface area contributed by atoms with E-state index in [1.807, 2.05) is 0 Å². The van der Waals surface area contributed by atoms with Crippen LogP contribution in [-0.4, -0.2) is 45.5 Å². The summed E-state index contributed by atoms with van der Waals surface area (Å²) < 4.78 is 10.5. The van der Waals surface area contributed by atoms with Gasteiger partial charge in [-0.25, -0.2) is 0 Å².